The van der Waals surface area contributed by atoms with Crippen LogP contribution in [0.15, 0.2) is 165 Å². The second-order valence-electron chi connectivity index (χ2n) is 15.7. The summed E-state index contributed by atoms with van der Waals surface area (Å²) in [5.74, 6) is 1.09. The maximum atomic E-state index is 6.45. The second kappa shape index (κ2) is 12.1. The maximum absolute atomic E-state index is 6.45. The van der Waals surface area contributed by atoms with Gasteiger partial charge in [0.05, 0.1) is 10.9 Å². The van der Waals surface area contributed by atoms with Crippen LogP contribution in [0.5, 0.6) is 0 Å². The van der Waals surface area contributed by atoms with E-state index in [9.17, 15) is 0 Å². The predicted molar refractivity (Wildman–Crippen MR) is 238 cm³/mol. The Balaban J connectivity index is 1.06. The van der Waals surface area contributed by atoms with Crippen molar-refractivity contribution in [2.75, 3.05) is 0 Å². The minimum absolute atomic E-state index is 0.911. The van der Waals surface area contributed by atoms with Crippen molar-refractivity contribution in [3.05, 3.63) is 179 Å². The van der Waals surface area contributed by atoms with Gasteiger partial charge in [0.1, 0.15) is 33.7 Å². The number of nitrogens with zero attached hydrogens (tertiary/aromatic N) is 1. The fourth-order valence-corrected chi connectivity index (χ4v) is 9.94. The standard InChI is InChI=1S/C54H35NO3/c1-6-21-49-39(10-1)42-16-7-15-38(54(42)58-49)32-22-26-35(27-23-32)55-45-17-8-13-36(33-24-28-50-43(30-33)40-11-2-4-19-47(40)56-50)52(45)53-37(14-9-18-46(53)55)34-25-29-51-44(31-34)41-12-3-5-20-48(41)57-51/h1-4,6-7,9-12,14-19,21-31H,5,8,13,20H2. The summed E-state index contributed by atoms with van der Waals surface area (Å²) < 4.78 is 21.6. The molecule has 0 atom stereocenters. The normalized spacial score (nSPS) is 14.0. The van der Waals surface area contributed by atoms with Crippen LogP contribution in [0.2, 0.25) is 0 Å². The van der Waals surface area contributed by atoms with Crippen LogP contribution in [0.1, 0.15) is 36.1 Å². The number of hydrogen-bond donors (Lipinski definition) is 0. The molecule has 0 unspecified atom stereocenters. The van der Waals surface area contributed by atoms with Crippen molar-refractivity contribution in [2.24, 2.45) is 0 Å². The SMILES string of the molecule is C1=Cc2c(oc3ccc(-c4cccc5c4c4c(n5-c5ccc(-c6cccc7c6oc6ccccc67)cc5)=CCCC=4c4ccc5oc6ccccc6c5c4)cc23)CC1. The Morgan fingerprint density at radius 1 is 0.483 bits per heavy atom. The highest BCUT2D eigenvalue weighted by Crippen LogP contribution is 2.39. The summed E-state index contributed by atoms with van der Waals surface area (Å²) in [6.07, 6.45) is 10.8. The second-order valence-corrected chi connectivity index (χ2v) is 15.7. The van der Waals surface area contributed by atoms with Crippen LogP contribution < -0.4 is 10.6 Å². The third kappa shape index (κ3) is 4.57. The minimum atomic E-state index is 0.911. The van der Waals surface area contributed by atoms with E-state index < -0.39 is 0 Å². The molecule has 0 fully saturated rings. The molecule has 4 aromatic heterocycles. The highest BCUT2D eigenvalue weighted by atomic mass is 16.3. The average Bonchev–Trinajstić information content (AvgIpc) is 4.05. The molecule has 58 heavy (non-hydrogen) atoms. The molecule has 11 aromatic rings. The number of allylic oxidation sites excluding steroid dienone is 1. The summed E-state index contributed by atoms with van der Waals surface area (Å²) in [4.78, 5) is 0. The van der Waals surface area contributed by atoms with E-state index in [-0.39, 0.29) is 0 Å². The largest absolute Gasteiger partial charge is 0.460 e. The maximum Gasteiger partial charge on any atom is 0.143 e. The van der Waals surface area contributed by atoms with E-state index in [0.29, 0.717) is 0 Å². The first-order chi connectivity index (χ1) is 28.7. The number of hydrogen-bond acceptors (Lipinski definition) is 3. The van der Waals surface area contributed by atoms with Gasteiger partial charge in [-0.05, 0) is 102 Å². The Hall–Kier alpha value is -7.30. The van der Waals surface area contributed by atoms with E-state index in [4.69, 9.17) is 13.3 Å². The zero-order chi connectivity index (χ0) is 37.9. The average molecular weight is 746 g/mol. The number of furan rings is 3. The lowest BCUT2D eigenvalue weighted by Gasteiger charge is -2.13. The molecule has 0 spiro atoms. The van der Waals surface area contributed by atoms with Gasteiger partial charge in [0, 0.05) is 60.8 Å². The Bertz CT molecular complexity index is 3680. The molecule has 0 radical (unpaired) electrons. The van der Waals surface area contributed by atoms with Crippen molar-refractivity contribution in [2.45, 2.75) is 25.7 Å². The lowest BCUT2D eigenvalue weighted by molar-refractivity contribution is 0.546. The van der Waals surface area contributed by atoms with Crippen LogP contribution in [0.25, 0.3) is 111 Å². The molecule has 7 aromatic carbocycles. The van der Waals surface area contributed by atoms with Crippen LogP contribution in [0, 0.1) is 0 Å². The lowest BCUT2D eigenvalue weighted by atomic mass is 9.91. The summed E-state index contributed by atoms with van der Waals surface area (Å²) in [6, 6.07) is 52.4. The molecule has 4 nitrogen and oxygen atoms in total. The Kier molecular flexibility index (Phi) is 6.65. The van der Waals surface area contributed by atoms with Crippen LogP contribution in [-0.2, 0) is 6.42 Å². The number of fused-ring (bicyclic) bond motifs is 12. The van der Waals surface area contributed by atoms with Gasteiger partial charge in [0.2, 0.25) is 0 Å². The molecular formula is C54H35NO3. The highest BCUT2D eigenvalue weighted by molar-refractivity contribution is 6.10. The third-order valence-corrected chi connectivity index (χ3v) is 12.6. The molecular weight excluding hydrogens is 711 g/mol. The molecule has 0 bridgehead atoms. The number of benzene rings is 7. The first kappa shape index (κ1) is 31.9. The van der Waals surface area contributed by atoms with Crippen LogP contribution in [0.4, 0.5) is 0 Å². The lowest BCUT2D eigenvalue weighted by Crippen LogP contribution is -2.33. The summed E-state index contributed by atoms with van der Waals surface area (Å²) in [5.41, 5.74) is 15.4. The molecule has 13 rings (SSSR count). The van der Waals surface area contributed by atoms with Gasteiger partial charge in [-0.25, -0.2) is 0 Å². The van der Waals surface area contributed by atoms with Gasteiger partial charge in [-0.1, -0.05) is 109 Å². The summed E-state index contributed by atoms with van der Waals surface area (Å²) in [5, 5.41) is 9.56. The molecule has 274 valence electrons. The number of rotatable bonds is 4. The number of aromatic nitrogens is 1. The summed E-state index contributed by atoms with van der Waals surface area (Å²) in [7, 11) is 0. The van der Waals surface area contributed by atoms with Gasteiger partial charge >= 0.3 is 0 Å². The van der Waals surface area contributed by atoms with Crippen molar-refractivity contribution in [1.82, 2.24) is 4.57 Å². The summed E-state index contributed by atoms with van der Waals surface area (Å²) >= 11 is 0. The fraction of sp³-hybridized carbons (Fsp3) is 0.0741. The van der Waals surface area contributed by atoms with Crippen molar-refractivity contribution < 1.29 is 13.3 Å². The monoisotopic (exact) mass is 745 g/mol. The van der Waals surface area contributed by atoms with Gasteiger partial charge < -0.3 is 17.8 Å². The zero-order valence-electron chi connectivity index (χ0n) is 31.6. The Labute approximate surface area is 332 Å². The summed E-state index contributed by atoms with van der Waals surface area (Å²) in [6.45, 7) is 0. The Morgan fingerprint density at radius 2 is 1.17 bits per heavy atom. The van der Waals surface area contributed by atoms with Crippen molar-refractivity contribution in [3.63, 3.8) is 0 Å². The predicted octanol–water partition coefficient (Wildman–Crippen LogP) is 13.2. The molecule has 4 heteroatoms. The Morgan fingerprint density at radius 3 is 2.05 bits per heavy atom. The zero-order valence-corrected chi connectivity index (χ0v) is 31.6. The molecule has 0 saturated heterocycles. The topological polar surface area (TPSA) is 44.4 Å². The van der Waals surface area contributed by atoms with Crippen LogP contribution in [0.3, 0.4) is 0 Å². The third-order valence-electron chi connectivity index (χ3n) is 12.6. The molecule has 0 saturated carbocycles. The number of aryl methyl sites for hydroxylation is 1. The smallest absolute Gasteiger partial charge is 0.143 e. The van der Waals surface area contributed by atoms with Crippen molar-refractivity contribution >= 4 is 83.5 Å². The van der Waals surface area contributed by atoms with Crippen molar-refractivity contribution in [1.29, 1.82) is 0 Å². The minimum Gasteiger partial charge on any atom is -0.460 e. The van der Waals surface area contributed by atoms with Crippen LogP contribution >= 0.6 is 0 Å². The van der Waals surface area contributed by atoms with Gasteiger partial charge in [0.15, 0.2) is 0 Å². The van der Waals surface area contributed by atoms with Crippen molar-refractivity contribution in [3.8, 4) is 27.9 Å². The van der Waals surface area contributed by atoms with Gasteiger partial charge in [-0.2, -0.15) is 0 Å². The fourth-order valence-electron chi connectivity index (χ4n) is 9.94. The first-order valence-corrected chi connectivity index (χ1v) is 20.3. The van der Waals surface area contributed by atoms with E-state index in [1.165, 1.54) is 54.7 Å². The van der Waals surface area contributed by atoms with E-state index in [1.54, 1.807) is 0 Å². The van der Waals surface area contributed by atoms with Crippen LogP contribution in [-0.4, -0.2) is 4.57 Å². The molecule has 0 N–H and O–H groups in total. The molecule has 0 aliphatic heterocycles. The van der Waals surface area contributed by atoms with E-state index in [2.05, 4.69) is 150 Å². The molecule has 2 aliphatic carbocycles. The van der Waals surface area contributed by atoms with Gasteiger partial charge in [-0.3, -0.25) is 0 Å². The van der Waals surface area contributed by atoms with E-state index >= 15 is 0 Å². The molecule has 2 aliphatic rings. The molecule has 0 amide bonds. The highest BCUT2D eigenvalue weighted by Gasteiger charge is 2.22. The molecule has 4 heterocycles. The quantitative estimate of drug-likeness (QED) is 0.180. The first-order valence-electron chi connectivity index (χ1n) is 20.3. The number of para-hydroxylation sites is 3. The van der Waals surface area contributed by atoms with Gasteiger partial charge in [-0.15, -0.1) is 0 Å². The van der Waals surface area contributed by atoms with E-state index in [1.807, 2.05) is 18.2 Å². The van der Waals surface area contributed by atoms with E-state index in [0.717, 1.165) is 97.7 Å². The van der Waals surface area contributed by atoms with Gasteiger partial charge in [0.25, 0.3) is 0 Å².